The molecule has 98 valence electrons. The van der Waals surface area contributed by atoms with Crippen LogP contribution in [0, 0.1) is 0 Å². The molecule has 2 rings (SSSR count). The fourth-order valence-electron chi connectivity index (χ4n) is 1.96. The van der Waals surface area contributed by atoms with Gasteiger partial charge in [0.2, 0.25) is 0 Å². The van der Waals surface area contributed by atoms with Crippen molar-refractivity contribution in [3.63, 3.8) is 0 Å². The SMILES string of the molecule is CC1CCC(C(=O)Nc2ccc(CCF)nc2)O1. The van der Waals surface area contributed by atoms with Gasteiger partial charge in [-0.15, -0.1) is 0 Å². The van der Waals surface area contributed by atoms with Gasteiger partial charge >= 0.3 is 0 Å². The van der Waals surface area contributed by atoms with Crippen LogP contribution in [-0.2, 0) is 16.0 Å². The van der Waals surface area contributed by atoms with Gasteiger partial charge in [-0.3, -0.25) is 14.2 Å². The van der Waals surface area contributed by atoms with Gasteiger partial charge in [0.05, 0.1) is 24.7 Å². The third-order valence-electron chi connectivity index (χ3n) is 2.97. The zero-order chi connectivity index (χ0) is 13.0. The molecule has 1 aliphatic rings. The lowest BCUT2D eigenvalue weighted by Crippen LogP contribution is -2.27. The van der Waals surface area contributed by atoms with E-state index in [-0.39, 0.29) is 18.1 Å². The number of rotatable bonds is 4. The first-order chi connectivity index (χ1) is 8.69. The molecule has 1 saturated heterocycles. The van der Waals surface area contributed by atoms with Crippen LogP contribution in [0.1, 0.15) is 25.5 Å². The van der Waals surface area contributed by atoms with Crippen LogP contribution >= 0.6 is 0 Å². The van der Waals surface area contributed by atoms with Crippen LogP contribution in [0.4, 0.5) is 10.1 Å². The predicted molar refractivity (Wildman–Crippen MR) is 66.1 cm³/mol. The Kier molecular flexibility index (Phi) is 4.25. The van der Waals surface area contributed by atoms with E-state index in [0.717, 1.165) is 12.8 Å². The van der Waals surface area contributed by atoms with E-state index in [4.69, 9.17) is 4.74 Å². The number of aryl methyl sites for hydroxylation is 1. The smallest absolute Gasteiger partial charge is 0.253 e. The predicted octanol–water partition coefficient (Wildman–Crippen LogP) is 2.10. The number of carbonyl (C=O) groups excluding carboxylic acids is 1. The van der Waals surface area contributed by atoms with E-state index < -0.39 is 6.67 Å². The van der Waals surface area contributed by atoms with Crippen molar-refractivity contribution >= 4 is 11.6 Å². The number of anilines is 1. The first-order valence-electron chi connectivity index (χ1n) is 6.16. The minimum absolute atomic E-state index is 0.139. The van der Waals surface area contributed by atoms with Crippen molar-refractivity contribution in [2.75, 3.05) is 12.0 Å². The van der Waals surface area contributed by atoms with E-state index in [9.17, 15) is 9.18 Å². The second-order valence-electron chi connectivity index (χ2n) is 4.48. The summed E-state index contributed by atoms with van der Waals surface area (Å²) in [6.07, 6.45) is 3.28. The minimum atomic E-state index is -0.424. The largest absolute Gasteiger partial charge is 0.365 e. The Morgan fingerprint density at radius 1 is 1.56 bits per heavy atom. The number of carbonyl (C=O) groups is 1. The monoisotopic (exact) mass is 252 g/mol. The number of pyridine rings is 1. The van der Waals surface area contributed by atoms with Crippen molar-refractivity contribution in [3.05, 3.63) is 24.0 Å². The highest BCUT2D eigenvalue weighted by Crippen LogP contribution is 2.20. The van der Waals surface area contributed by atoms with Crippen molar-refractivity contribution in [1.82, 2.24) is 4.98 Å². The number of halogens is 1. The Hall–Kier alpha value is -1.49. The molecule has 4 nitrogen and oxygen atoms in total. The molecule has 0 spiro atoms. The van der Waals surface area contributed by atoms with E-state index in [1.807, 2.05) is 6.92 Å². The average molecular weight is 252 g/mol. The van der Waals surface area contributed by atoms with Crippen LogP contribution in [0.25, 0.3) is 0 Å². The number of ether oxygens (including phenoxy) is 1. The van der Waals surface area contributed by atoms with Crippen LogP contribution < -0.4 is 5.32 Å². The molecule has 1 fully saturated rings. The van der Waals surface area contributed by atoms with E-state index in [0.29, 0.717) is 17.8 Å². The molecule has 1 aliphatic heterocycles. The van der Waals surface area contributed by atoms with E-state index in [1.165, 1.54) is 0 Å². The molecule has 1 aromatic heterocycles. The first-order valence-corrected chi connectivity index (χ1v) is 6.16. The fourth-order valence-corrected chi connectivity index (χ4v) is 1.96. The zero-order valence-electron chi connectivity index (χ0n) is 10.4. The average Bonchev–Trinajstić information content (AvgIpc) is 2.79. The maximum atomic E-state index is 12.1. The second kappa shape index (κ2) is 5.91. The third kappa shape index (κ3) is 3.26. The van der Waals surface area contributed by atoms with Crippen molar-refractivity contribution in [1.29, 1.82) is 0 Å². The van der Waals surface area contributed by atoms with Crippen molar-refractivity contribution in [2.24, 2.45) is 0 Å². The number of aromatic nitrogens is 1. The molecule has 0 radical (unpaired) electrons. The molecule has 0 aromatic carbocycles. The van der Waals surface area contributed by atoms with Crippen molar-refractivity contribution in [3.8, 4) is 0 Å². The maximum Gasteiger partial charge on any atom is 0.253 e. The molecule has 1 N–H and O–H groups in total. The normalized spacial score (nSPS) is 23.0. The van der Waals surface area contributed by atoms with Gasteiger partial charge < -0.3 is 10.1 Å². The van der Waals surface area contributed by atoms with Gasteiger partial charge in [-0.1, -0.05) is 0 Å². The quantitative estimate of drug-likeness (QED) is 0.892. The summed E-state index contributed by atoms with van der Waals surface area (Å²) >= 11 is 0. The van der Waals surface area contributed by atoms with Gasteiger partial charge in [0.15, 0.2) is 0 Å². The van der Waals surface area contributed by atoms with E-state index in [1.54, 1.807) is 18.3 Å². The van der Waals surface area contributed by atoms with Crippen LogP contribution in [0.15, 0.2) is 18.3 Å². The van der Waals surface area contributed by atoms with E-state index >= 15 is 0 Å². The lowest BCUT2D eigenvalue weighted by molar-refractivity contribution is -0.126. The summed E-state index contributed by atoms with van der Waals surface area (Å²) in [5.41, 5.74) is 1.30. The number of hydrogen-bond acceptors (Lipinski definition) is 3. The summed E-state index contributed by atoms with van der Waals surface area (Å²) in [5.74, 6) is -0.139. The van der Waals surface area contributed by atoms with Gasteiger partial charge in [0, 0.05) is 12.1 Å². The van der Waals surface area contributed by atoms with Gasteiger partial charge in [-0.25, -0.2) is 0 Å². The van der Waals surface area contributed by atoms with Crippen LogP contribution in [-0.4, -0.2) is 29.8 Å². The summed E-state index contributed by atoms with van der Waals surface area (Å²) in [7, 11) is 0. The molecule has 2 atom stereocenters. The summed E-state index contributed by atoms with van der Waals surface area (Å²) in [6.45, 7) is 1.53. The maximum absolute atomic E-state index is 12.1. The molecule has 0 bridgehead atoms. The van der Waals surface area contributed by atoms with Crippen LogP contribution in [0.2, 0.25) is 0 Å². The third-order valence-corrected chi connectivity index (χ3v) is 2.97. The molecular formula is C13H17FN2O2. The highest BCUT2D eigenvalue weighted by molar-refractivity contribution is 5.94. The van der Waals surface area contributed by atoms with Gasteiger partial charge in [-0.05, 0) is 31.9 Å². The Morgan fingerprint density at radius 3 is 2.94 bits per heavy atom. The number of hydrogen-bond donors (Lipinski definition) is 1. The molecule has 1 amide bonds. The molecule has 5 heteroatoms. The van der Waals surface area contributed by atoms with Gasteiger partial charge in [0.1, 0.15) is 6.10 Å². The standard InChI is InChI=1S/C13H17FN2O2/c1-9-2-5-12(18-9)13(17)16-11-4-3-10(6-7-14)15-8-11/h3-4,8-9,12H,2,5-7H2,1H3,(H,16,17). The van der Waals surface area contributed by atoms with Gasteiger partial charge in [-0.2, -0.15) is 0 Å². The number of nitrogens with zero attached hydrogens (tertiary/aromatic N) is 1. The Bertz CT molecular complexity index is 408. The molecule has 1 aromatic rings. The Labute approximate surface area is 106 Å². The van der Waals surface area contributed by atoms with E-state index in [2.05, 4.69) is 10.3 Å². The molecule has 18 heavy (non-hydrogen) atoms. The summed E-state index contributed by atoms with van der Waals surface area (Å²) in [4.78, 5) is 15.9. The Morgan fingerprint density at radius 2 is 2.39 bits per heavy atom. The zero-order valence-corrected chi connectivity index (χ0v) is 10.4. The summed E-state index contributed by atoms with van der Waals surface area (Å²) < 4.78 is 17.6. The lowest BCUT2D eigenvalue weighted by Gasteiger charge is -2.11. The molecule has 2 unspecified atom stereocenters. The number of nitrogens with one attached hydrogen (secondary N) is 1. The van der Waals surface area contributed by atoms with Crippen LogP contribution in [0.3, 0.4) is 0 Å². The Balaban J connectivity index is 1.90. The summed E-state index contributed by atoms with van der Waals surface area (Å²) in [5, 5.41) is 2.75. The van der Waals surface area contributed by atoms with Gasteiger partial charge in [0.25, 0.3) is 5.91 Å². The fraction of sp³-hybridized carbons (Fsp3) is 0.538. The topological polar surface area (TPSA) is 51.2 Å². The molecular weight excluding hydrogens is 235 g/mol. The molecule has 0 aliphatic carbocycles. The highest BCUT2D eigenvalue weighted by Gasteiger charge is 2.28. The van der Waals surface area contributed by atoms with Crippen LogP contribution in [0.5, 0.6) is 0 Å². The first kappa shape index (κ1) is 13.0. The molecule has 0 saturated carbocycles. The highest BCUT2D eigenvalue weighted by atomic mass is 19.1. The second-order valence-corrected chi connectivity index (χ2v) is 4.48. The lowest BCUT2D eigenvalue weighted by atomic mass is 10.2. The number of amides is 1. The minimum Gasteiger partial charge on any atom is -0.365 e. The number of alkyl halides is 1. The van der Waals surface area contributed by atoms with Crippen molar-refractivity contribution in [2.45, 2.75) is 38.4 Å². The molecule has 2 heterocycles. The summed E-state index contributed by atoms with van der Waals surface area (Å²) in [6, 6.07) is 3.45. The van der Waals surface area contributed by atoms with Crippen molar-refractivity contribution < 1.29 is 13.9 Å².